The molecule has 0 aliphatic heterocycles. The Morgan fingerprint density at radius 1 is 1.03 bits per heavy atom. The lowest BCUT2D eigenvalue weighted by Crippen LogP contribution is -2.38. The third-order valence-corrected chi connectivity index (χ3v) is 5.75. The Morgan fingerprint density at radius 3 is 2.18 bits per heavy atom. The number of carbonyl (C=O) groups is 1. The van der Waals surface area contributed by atoms with Gasteiger partial charge in [-0.05, 0) is 24.3 Å². The van der Waals surface area contributed by atoms with Crippen LogP contribution in [-0.4, -0.2) is 30.8 Å². The van der Waals surface area contributed by atoms with Crippen molar-refractivity contribution >= 4 is 34.4 Å². The Kier molecular flexibility index (Phi) is 6.42. The number of halogens is 3. The van der Waals surface area contributed by atoms with Gasteiger partial charge in [-0.25, -0.2) is 14.8 Å². The molecule has 8 nitrogen and oxygen atoms in total. The van der Waals surface area contributed by atoms with Gasteiger partial charge in [0.25, 0.3) is 5.56 Å². The lowest BCUT2D eigenvalue weighted by Gasteiger charge is -2.19. The molecule has 0 unspecified atom stereocenters. The van der Waals surface area contributed by atoms with Crippen LogP contribution in [0.15, 0.2) is 38.9 Å². The number of carbonyl (C=O) groups excluding carboxylic acids is 1. The zero-order valence-corrected chi connectivity index (χ0v) is 19.4. The van der Waals surface area contributed by atoms with Crippen LogP contribution in [0.4, 0.5) is 18.9 Å². The number of anilines is 1. The van der Waals surface area contributed by atoms with Crippen LogP contribution in [0.2, 0.25) is 0 Å². The lowest BCUT2D eigenvalue weighted by atomic mass is 9.96. The van der Waals surface area contributed by atoms with E-state index in [1.165, 1.54) is 18.7 Å². The van der Waals surface area contributed by atoms with Gasteiger partial charge in [-0.1, -0.05) is 32.5 Å². The molecule has 0 aliphatic rings. The van der Waals surface area contributed by atoms with Crippen molar-refractivity contribution in [3.63, 3.8) is 0 Å². The SMILES string of the molecule is Cn1c(=O)c2c(SCC(=O)Nc3ccc(C(F)(F)F)cc3)nc(C(C)(C)C)nc2n(C)c1=O. The number of aryl methyl sites for hydroxylation is 1. The summed E-state index contributed by atoms with van der Waals surface area (Å²) in [7, 11) is 2.84. The van der Waals surface area contributed by atoms with Crippen LogP contribution in [0.3, 0.4) is 0 Å². The van der Waals surface area contributed by atoms with Gasteiger partial charge in [0.2, 0.25) is 5.91 Å². The second-order valence-electron chi connectivity index (χ2n) is 8.42. The number of amides is 1. The van der Waals surface area contributed by atoms with Crippen LogP contribution in [0.5, 0.6) is 0 Å². The zero-order valence-electron chi connectivity index (χ0n) is 18.6. The maximum atomic E-state index is 12.8. The molecule has 0 spiro atoms. The maximum Gasteiger partial charge on any atom is 0.416 e. The Morgan fingerprint density at radius 2 is 1.64 bits per heavy atom. The van der Waals surface area contributed by atoms with Crippen molar-refractivity contribution < 1.29 is 18.0 Å². The Balaban J connectivity index is 1.93. The molecule has 0 atom stereocenters. The van der Waals surface area contributed by atoms with Crippen LogP contribution in [0.25, 0.3) is 11.0 Å². The minimum atomic E-state index is -4.47. The summed E-state index contributed by atoms with van der Waals surface area (Å²) in [5.41, 5.74) is -2.08. The summed E-state index contributed by atoms with van der Waals surface area (Å²) >= 11 is 0.981. The van der Waals surface area contributed by atoms with Gasteiger partial charge >= 0.3 is 11.9 Å². The van der Waals surface area contributed by atoms with E-state index < -0.39 is 34.3 Å². The fraction of sp³-hybridized carbons (Fsp3) is 0.381. The molecule has 12 heteroatoms. The van der Waals surface area contributed by atoms with E-state index in [1.54, 1.807) is 0 Å². The van der Waals surface area contributed by atoms with Crippen molar-refractivity contribution in [3.05, 3.63) is 56.5 Å². The van der Waals surface area contributed by atoms with Crippen LogP contribution in [-0.2, 0) is 30.5 Å². The second-order valence-corrected chi connectivity index (χ2v) is 9.38. The van der Waals surface area contributed by atoms with Gasteiger partial charge in [0, 0.05) is 25.2 Å². The van der Waals surface area contributed by atoms with Crippen LogP contribution < -0.4 is 16.6 Å². The number of hydrogen-bond donors (Lipinski definition) is 1. The Hall–Kier alpha value is -3.15. The van der Waals surface area contributed by atoms with Crippen molar-refractivity contribution in [3.8, 4) is 0 Å². The molecule has 0 aliphatic carbocycles. The first-order valence-corrected chi connectivity index (χ1v) is 10.8. The van der Waals surface area contributed by atoms with Crippen molar-refractivity contribution in [1.29, 1.82) is 0 Å². The molecule has 176 valence electrons. The predicted octanol–water partition coefficient (Wildman–Crippen LogP) is 3.07. The number of fused-ring (bicyclic) bond motifs is 1. The van der Waals surface area contributed by atoms with E-state index in [0.29, 0.717) is 5.82 Å². The van der Waals surface area contributed by atoms with E-state index in [4.69, 9.17) is 0 Å². The number of nitrogens with zero attached hydrogens (tertiary/aromatic N) is 4. The molecule has 3 aromatic rings. The van der Waals surface area contributed by atoms with E-state index >= 15 is 0 Å². The van der Waals surface area contributed by atoms with E-state index in [0.717, 1.165) is 40.6 Å². The minimum absolute atomic E-state index is 0.111. The highest BCUT2D eigenvalue weighted by Gasteiger charge is 2.30. The average Bonchev–Trinajstić information content (AvgIpc) is 2.73. The van der Waals surface area contributed by atoms with Gasteiger partial charge in [0.1, 0.15) is 16.2 Å². The van der Waals surface area contributed by atoms with Crippen LogP contribution in [0, 0.1) is 0 Å². The summed E-state index contributed by atoms with van der Waals surface area (Å²) in [4.78, 5) is 46.5. The Bertz CT molecular complexity index is 1340. The normalized spacial score (nSPS) is 12.2. The Labute approximate surface area is 190 Å². The summed E-state index contributed by atoms with van der Waals surface area (Å²) in [5, 5.41) is 2.87. The monoisotopic (exact) mass is 481 g/mol. The number of hydrogen-bond acceptors (Lipinski definition) is 6. The molecular weight excluding hydrogens is 459 g/mol. The highest BCUT2D eigenvalue weighted by molar-refractivity contribution is 8.00. The number of thioether (sulfide) groups is 1. The second kappa shape index (κ2) is 8.65. The largest absolute Gasteiger partial charge is 0.416 e. The summed E-state index contributed by atoms with van der Waals surface area (Å²) in [6.07, 6.45) is -4.47. The molecule has 2 aromatic heterocycles. The molecule has 0 radical (unpaired) electrons. The molecule has 1 amide bonds. The standard InChI is InChI=1S/C21H22F3N5O3S/c1-20(2,3)18-26-15-14(17(31)29(5)19(32)28(15)4)16(27-18)33-10-13(30)25-12-8-6-11(7-9-12)21(22,23)24/h6-9H,10H2,1-5H3,(H,25,30). The fourth-order valence-corrected chi connectivity index (χ4v) is 3.76. The van der Waals surface area contributed by atoms with Gasteiger partial charge in [-0.3, -0.25) is 18.7 Å². The molecule has 1 N–H and O–H groups in total. The smallest absolute Gasteiger partial charge is 0.325 e. The van der Waals surface area contributed by atoms with Crippen molar-refractivity contribution in [2.24, 2.45) is 14.1 Å². The van der Waals surface area contributed by atoms with Gasteiger partial charge in [0.15, 0.2) is 5.65 Å². The van der Waals surface area contributed by atoms with Gasteiger partial charge < -0.3 is 5.32 Å². The quantitative estimate of drug-likeness (QED) is 0.454. The summed E-state index contributed by atoms with van der Waals surface area (Å²) in [6, 6.07) is 4.07. The van der Waals surface area contributed by atoms with Crippen molar-refractivity contribution in [2.45, 2.75) is 37.4 Å². The molecule has 2 heterocycles. The maximum absolute atomic E-state index is 12.8. The van der Waals surface area contributed by atoms with E-state index in [-0.39, 0.29) is 27.5 Å². The minimum Gasteiger partial charge on any atom is -0.325 e. The molecule has 1 aromatic carbocycles. The highest BCUT2D eigenvalue weighted by Crippen LogP contribution is 2.30. The molecular formula is C21H22F3N5O3S. The first kappa shape index (κ1) is 24.5. The average molecular weight is 482 g/mol. The summed E-state index contributed by atoms with van der Waals surface area (Å²) in [6.45, 7) is 5.62. The number of nitrogens with one attached hydrogen (secondary N) is 1. The third-order valence-electron chi connectivity index (χ3n) is 4.77. The summed E-state index contributed by atoms with van der Waals surface area (Å²) in [5.74, 6) is -0.266. The van der Waals surface area contributed by atoms with Gasteiger partial charge in [-0.2, -0.15) is 13.2 Å². The highest BCUT2D eigenvalue weighted by atomic mass is 32.2. The molecule has 0 bridgehead atoms. The number of aromatic nitrogens is 4. The number of rotatable bonds is 4. The fourth-order valence-electron chi connectivity index (χ4n) is 2.94. The molecule has 33 heavy (non-hydrogen) atoms. The first-order valence-electron chi connectivity index (χ1n) is 9.78. The lowest BCUT2D eigenvalue weighted by molar-refractivity contribution is -0.137. The van der Waals surface area contributed by atoms with E-state index in [1.807, 2.05) is 20.8 Å². The van der Waals surface area contributed by atoms with Gasteiger partial charge in [0.05, 0.1) is 11.3 Å². The molecule has 0 fully saturated rings. The van der Waals surface area contributed by atoms with Crippen molar-refractivity contribution in [2.75, 3.05) is 11.1 Å². The predicted molar refractivity (Wildman–Crippen MR) is 120 cm³/mol. The van der Waals surface area contributed by atoms with Crippen LogP contribution in [0.1, 0.15) is 32.2 Å². The van der Waals surface area contributed by atoms with E-state index in [9.17, 15) is 27.6 Å². The molecule has 3 rings (SSSR count). The topological polar surface area (TPSA) is 98.9 Å². The molecule has 0 saturated heterocycles. The molecule has 0 saturated carbocycles. The van der Waals surface area contributed by atoms with Crippen LogP contribution >= 0.6 is 11.8 Å². The first-order chi connectivity index (χ1) is 15.2. The number of benzene rings is 1. The third kappa shape index (κ3) is 5.10. The number of alkyl halides is 3. The zero-order chi connectivity index (χ0) is 24.7. The van der Waals surface area contributed by atoms with Gasteiger partial charge in [-0.15, -0.1) is 0 Å². The van der Waals surface area contributed by atoms with Crippen molar-refractivity contribution in [1.82, 2.24) is 19.1 Å². The summed E-state index contributed by atoms with van der Waals surface area (Å²) < 4.78 is 40.3. The van der Waals surface area contributed by atoms with E-state index in [2.05, 4.69) is 15.3 Å².